The largest absolute Gasteiger partial charge is 0.493 e. The number of likely N-dealkylation sites (tertiary alicyclic amines) is 1. The van der Waals surface area contributed by atoms with Gasteiger partial charge in [-0.1, -0.05) is 54.6 Å². The van der Waals surface area contributed by atoms with E-state index in [1.54, 1.807) is 0 Å². The van der Waals surface area contributed by atoms with Crippen LogP contribution < -0.4 is 10.1 Å². The number of benzene rings is 3. The molecule has 0 aliphatic carbocycles. The fraction of sp³-hybridized carbons (Fsp3) is 0.292. The average Bonchev–Trinajstić information content (AvgIpc) is 3.41. The quantitative estimate of drug-likeness (QED) is 0.737. The van der Waals surface area contributed by atoms with E-state index >= 15 is 0 Å². The Morgan fingerprint density at radius 1 is 1.11 bits per heavy atom. The molecule has 3 aromatic rings. The molecule has 4 heteroatoms. The Labute approximate surface area is 165 Å². The number of rotatable bonds is 3. The van der Waals surface area contributed by atoms with E-state index in [1.807, 2.05) is 23.1 Å². The van der Waals surface area contributed by atoms with Crippen molar-refractivity contribution in [1.82, 2.24) is 10.2 Å². The van der Waals surface area contributed by atoms with Crippen molar-refractivity contribution in [3.63, 3.8) is 0 Å². The average molecular weight is 372 g/mol. The fourth-order valence-electron chi connectivity index (χ4n) is 4.41. The molecule has 3 aromatic carbocycles. The van der Waals surface area contributed by atoms with Crippen LogP contribution in [0, 0.1) is 0 Å². The highest BCUT2D eigenvalue weighted by Crippen LogP contribution is 2.33. The van der Waals surface area contributed by atoms with Crippen molar-refractivity contribution >= 4 is 16.8 Å². The summed E-state index contributed by atoms with van der Waals surface area (Å²) in [5.74, 6) is 1.43. The monoisotopic (exact) mass is 372 g/mol. The topological polar surface area (TPSA) is 41.6 Å². The molecule has 0 saturated carbocycles. The van der Waals surface area contributed by atoms with E-state index in [2.05, 4.69) is 47.8 Å². The summed E-state index contributed by atoms with van der Waals surface area (Å²) < 4.78 is 5.61. The zero-order valence-corrected chi connectivity index (χ0v) is 15.9. The molecule has 2 heterocycles. The number of hydrogen-bond donors (Lipinski definition) is 1. The predicted molar refractivity (Wildman–Crippen MR) is 111 cm³/mol. The zero-order chi connectivity index (χ0) is 18.9. The summed E-state index contributed by atoms with van der Waals surface area (Å²) in [4.78, 5) is 14.7. The highest BCUT2D eigenvalue weighted by molar-refractivity contribution is 5.86. The van der Waals surface area contributed by atoms with Gasteiger partial charge in [-0.15, -0.1) is 0 Å². The first-order valence-electron chi connectivity index (χ1n) is 10.0. The van der Waals surface area contributed by atoms with Gasteiger partial charge >= 0.3 is 6.03 Å². The van der Waals surface area contributed by atoms with Gasteiger partial charge in [0, 0.05) is 32.0 Å². The first-order chi connectivity index (χ1) is 13.8. The normalized spacial score (nSPS) is 18.1. The lowest BCUT2D eigenvalue weighted by Gasteiger charge is -2.18. The number of amides is 2. The molecule has 0 aromatic heterocycles. The summed E-state index contributed by atoms with van der Waals surface area (Å²) in [6, 6.07) is 21.1. The van der Waals surface area contributed by atoms with Crippen LogP contribution in [0.3, 0.4) is 0 Å². The van der Waals surface area contributed by atoms with Gasteiger partial charge in [0.2, 0.25) is 0 Å². The third-order valence-electron chi connectivity index (χ3n) is 5.97. The maximum absolute atomic E-state index is 12.7. The van der Waals surface area contributed by atoms with Crippen LogP contribution in [-0.4, -0.2) is 30.6 Å². The minimum atomic E-state index is 0.0277. The smallest absolute Gasteiger partial charge is 0.317 e. The van der Waals surface area contributed by atoms with Crippen molar-refractivity contribution in [2.75, 3.05) is 19.7 Å². The van der Waals surface area contributed by atoms with Crippen molar-refractivity contribution < 1.29 is 9.53 Å². The molecule has 0 radical (unpaired) electrons. The molecule has 1 atom stereocenters. The lowest BCUT2D eigenvalue weighted by molar-refractivity contribution is 0.208. The summed E-state index contributed by atoms with van der Waals surface area (Å²) in [7, 11) is 0. The van der Waals surface area contributed by atoms with Crippen LogP contribution in [0.2, 0.25) is 0 Å². The standard InChI is InChI=1S/C24H24N2O2/c27-24(25-15-20-6-3-5-17-4-1-2-7-22(17)20)26-12-10-21(16-26)18-8-9-23-19(14-18)11-13-28-23/h1-9,14,21H,10-13,15-16H2,(H,25,27)/t21-/m1/s1. The first kappa shape index (κ1) is 17.1. The second-order valence-corrected chi connectivity index (χ2v) is 7.69. The van der Waals surface area contributed by atoms with Gasteiger partial charge in [-0.2, -0.15) is 0 Å². The summed E-state index contributed by atoms with van der Waals surface area (Å²) in [5.41, 5.74) is 3.78. The van der Waals surface area contributed by atoms with E-state index < -0.39 is 0 Å². The number of fused-ring (bicyclic) bond motifs is 2. The number of ether oxygens (including phenoxy) is 1. The SMILES string of the molecule is O=C(NCc1cccc2ccccc12)N1CC[C@@H](c2ccc3c(c2)CCO3)C1. The Morgan fingerprint density at radius 2 is 2.00 bits per heavy atom. The van der Waals surface area contributed by atoms with Crippen LogP contribution >= 0.6 is 0 Å². The molecule has 0 bridgehead atoms. The second kappa shape index (κ2) is 7.19. The number of nitrogens with one attached hydrogen (secondary N) is 1. The fourth-order valence-corrected chi connectivity index (χ4v) is 4.41. The number of carbonyl (C=O) groups excluding carboxylic acids is 1. The van der Waals surface area contributed by atoms with Crippen LogP contribution in [0.1, 0.15) is 29.0 Å². The Morgan fingerprint density at radius 3 is 2.96 bits per heavy atom. The number of nitrogens with zero attached hydrogens (tertiary/aromatic N) is 1. The highest BCUT2D eigenvalue weighted by atomic mass is 16.5. The maximum atomic E-state index is 12.7. The maximum Gasteiger partial charge on any atom is 0.317 e. The Hall–Kier alpha value is -3.01. The van der Waals surface area contributed by atoms with E-state index in [0.29, 0.717) is 12.5 Å². The van der Waals surface area contributed by atoms with Crippen LogP contribution in [-0.2, 0) is 13.0 Å². The van der Waals surface area contributed by atoms with Crippen LogP contribution in [0.4, 0.5) is 4.79 Å². The number of hydrogen-bond acceptors (Lipinski definition) is 2. The Bertz CT molecular complexity index is 1020. The molecule has 0 spiro atoms. The van der Waals surface area contributed by atoms with E-state index in [0.717, 1.165) is 43.9 Å². The lowest BCUT2D eigenvalue weighted by atomic mass is 9.96. The lowest BCUT2D eigenvalue weighted by Crippen LogP contribution is -2.38. The summed E-state index contributed by atoms with van der Waals surface area (Å²) in [6.07, 6.45) is 2.01. The van der Waals surface area contributed by atoms with Gasteiger partial charge in [-0.25, -0.2) is 4.79 Å². The van der Waals surface area contributed by atoms with Gasteiger partial charge in [0.1, 0.15) is 5.75 Å². The van der Waals surface area contributed by atoms with Gasteiger partial charge < -0.3 is 15.0 Å². The minimum Gasteiger partial charge on any atom is -0.493 e. The number of carbonyl (C=O) groups is 1. The molecule has 5 rings (SSSR count). The van der Waals surface area contributed by atoms with E-state index in [-0.39, 0.29) is 6.03 Å². The zero-order valence-electron chi connectivity index (χ0n) is 15.9. The van der Waals surface area contributed by atoms with Crippen LogP contribution in [0.15, 0.2) is 60.7 Å². The predicted octanol–water partition coefficient (Wildman–Crippen LogP) is 4.47. The van der Waals surface area contributed by atoms with E-state index in [4.69, 9.17) is 4.74 Å². The molecule has 1 fully saturated rings. The molecule has 4 nitrogen and oxygen atoms in total. The third kappa shape index (κ3) is 3.19. The minimum absolute atomic E-state index is 0.0277. The molecule has 2 amide bonds. The molecular weight excluding hydrogens is 348 g/mol. The Balaban J connectivity index is 1.23. The van der Waals surface area contributed by atoms with Gasteiger partial charge in [0.25, 0.3) is 0 Å². The summed E-state index contributed by atoms with van der Waals surface area (Å²) in [6.45, 7) is 2.92. The molecule has 142 valence electrons. The first-order valence-corrected chi connectivity index (χ1v) is 10.0. The Kier molecular flexibility index (Phi) is 4.40. The van der Waals surface area contributed by atoms with Crippen LogP contribution in [0.25, 0.3) is 10.8 Å². The van der Waals surface area contributed by atoms with E-state index in [1.165, 1.54) is 21.9 Å². The van der Waals surface area contributed by atoms with Gasteiger partial charge in [0.05, 0.1) is 6.61 Å². The molecule has 0 unspecified atom stereocenters. The van der Waals surface area contributed by atoms with Crippen molar-refractivity contribution in [2.24, 2.45) is 0 Å². The number of urea groups is 1. The molecule has 1 saturated heterocycles. The molecule has 2 aliphatic heterocycles. The summed E-state index contributed by atoms with van der Waals surface area (Å²) >= 11 is 0. The van der Waals surface area contributed by atoms with Crippen molar-refractivity contribution in [3.8, 4) is 5.75 Å². The van der Waals surface area contributed by atoms with E-state index in [9.17, 15) is 4.79 Å². The second-order valence-electron chi connectivity index (χ2n) is 7.69. The van der Waals surface area contributed by atoms with Gasteiger partial charge in [-0.3, -0.25) is 0 Å². The third-order valence-corrected chi connectivity index (χ3v) is 5.97. The molecule has 2 aliphatic rings. The summed E-state index contributed by atoms with van der Waals surface area (Å²) in [5, 5.41) is 5.52. The van der Waals surface area contributed by atoms with Crippen LogP contribution in [0.5, 0.6) is 5.75 Å². The molecular formula is C24H24N2O2. The highest BCUT2D eigenvalue weighted by Gasteiger charge is 2.28. The van der Waals surface area contributed by atoms with Gasteiger partial charge in [-0.05, 0) is 39.9 Å². The van der Waals surface area contributed by atoms with Crippen molar-refractivity contribution in [1.29, 1.82) is 0 Å². The molecule has 28 heavy (non-hydrogen) atoms. The van der Waals surface area contributed by atoms with Crippen molar-refractivity contribution in [3.05, 3.63) is 77.4 Å². The molecule has 1 N–H and O–H groups in total. The van der Waals surface area contributed by atoms with Crippen molar-refractivity contribution in [2.45, 2.75) is 25.3 Å². The van der Waals surface area contributed by atoms with Gasteiger partial charge in [0.15, 0.2) is 0 Å².